The van der Waals surface area contributed by atoms with Crippen molar-refractivity contribution in [1.29, 1.82) is 0 Å². The van der Waals surface area contributed by atoms with Gasteiger partial charge in [0.25, 0.3) is 0 Å². The molecule has 1 aromatic carbocycles. The number of nitrogens with two attached hydrogens (primary N) is 1. The van der Waals surface area contributed by atoms with Crippen molar-refractivity contribution in [3.05, 3.63) is 41.6 Å². The third kappa shape index (κ3) is 2.56. The van der Waals surface area contributed by atoms with Gasteiger partial charge in [0.05, 0.1) is 5.52 Å². The van der Waals surface area contributed by atoms with Gasteiger partial charge in [-0.25, -0.2) is 0 Å². The first-order valence-corrected chi connectivity index (χ1v) is 7.62. The van der Waals surface area contributed by atoms with E-state index in [1.807, 2.05) is 6.07 Å². The predicted octanol–water partition coefficient (Wildman–Crippen LogP) is 3.63. The van der Waals surface area contributed by atoms with Gasteiger partial charge in [0.2, 0.25) is 0 Å². The number of nitrogens with zero attached hydrogens (tertiary/aromatic N) is 1. The van der Waals surface area contributed by atoms with Crippen LogP contribution in [0.4, 0.5) is 0 Å². The van der Waals surface area contributed by atoms with E-state index in [9.17, 15) is 0 Å². The molecule has 1 saturated carbocycles. The zero-order valence-corrected chi connectivity index (χ0v) is 12.1. The predicted molar refractivity (Wildman–Crippen MR) is 83.1 cm³/mol. The Balaban J connectivity index is 2.06. The minimum Gasteiger partial charge on any atom is -0.271 e. The number of aromatic nitrogens is 1. The minimum absolute atomic E-state index is 0.238. The summed E-state index contributed by atoms with van der Waals surface area (Å²) in [6.45, 7) is 2.06. The molecule has 0 saturated heterocycles. The highest BCUT2D eigenvalue weighted by atomic mass is 15.2. The van der Waals surface area contributed by atoms with Crippen LogP contribution in [-0.4, -0.2) is 4.98 Å². The first kappa shape index (κ1) is 13.5. The van der Waals surface area contributed by atoms with Crippen LogP contribution in [0.2, 0.25) is 0 Å². The van der Waals surface area contributed by atoms with Gasteiger partial charge in [-0.05, 0) is 43.4 Å². The van der Waals surface area contributed by atoms with Crippen molar-refractivity contribution in [2.45, 2.75) is 45.1 Å². The molecule has 1 aliphatic carbocycles. The van der Waals surface area contributed by atoms with Crippen molar-refractivity contribution in [3.8, 4) is 0 Å². The standard InChI is InChI=1S/C17H23N3/c1-12-11-15(14-9-5-6-10-16(14)19-12)17(20-18)13-7-3-2-4-8-13/h5-6,9-11,13,17,20H,2-4,7-8,18H2,1H3. The fourth-order valence-electron chi connectivity index (χ4n) is 3.54. The Kier molecular flexibility index (Phi) is 3.99. The van der Waals surface area contributed by atoms with Gasteiger partial charge in [0, 0.05) is 17.1 Å². The van der Waals surface area contributed by atoms with Crippen molar-refractivity contribution in [1.82, 2.24) is 10.4 Å². The van der Waals surface area contributed by atoms with Crippen molar-refractivity contribution in [2.24, 2.45) is 11.8 Å². The van der Waals surface area contributed by atoms with E-state index < -0.39 is 0 Å². The summed E-state index contributed by atoms with van der Waals surface area (Å²) in [4.78, 5) is 4.63. The van der Waals surface area contributed by atoms with Crippen molar-refractivity contribution >= 4 is 10.9 Å². The molecular formula is C17H23N3. The average molecular weight is 269 g/mol. The van der Waals surface area contributed by atoms with E-state index in [0.29, 0.717) is 5.92 Å². The molecule has 1 heterocycles. The first-order chi connectivity index (χ1) is 9.79. The monoisotopic (exact) mass is 269 g/mol. The molecule has 1 fully saturated rings. The third-order valence-corrected chi connectivity index (χ3v) is 4.51. The summed E-state index contributed by atoms with van der Waals surface area (Å²) in [5.41, 5.74) is 6.52. The van der Waals surface area contributed by atoms with Gasteiger partial charge in [-0.2, -0.15) is 0 Å². The highest BCUT2D eigenvalue weighted by Crippen LogP contribution is 2.36. The smallest absolute Gasteiger partial charge is 0.0708 e. The van der Waals surface area contributed by atoms with Gasteiger partial charge in [-0.15, -0.1) is 0 Å². The van der Waals surface area contributed by atoms with Crippen LogP contribution in [-0.2, 0) is 0 Å². The van der Waals surface area contributed by atoms with Crippen molar-refractivity contribution < 1.29 is 0 Å². The molecule has 106 valence electrons. The number of pyridine rings is 1. The maximum atomic E-state index is 5.91. The Bertz CT molecular complexity index is 588. The number of fused-ring (bicyclic) bond motifs is 1. The van der Waals surface area contributed by atoms with Gasteiger partial charge in [-0.3, -0.25) is 16.3 Å². The summed E-state index contributed by atoms with van der Waals surface area (Å²) in [5.74, 6) is 6.54. The van der Waals surface area contributed by atoms with Gasteiger partial charge in [0.15, 0.2) is 0 Å². The van der Waals surface area contributed by atoms with E-state index in [-0.39, 0.29) is 6.04 Å². The second kappa shape index (κ2) is 5.90. The molecule has 0 spiro atoms. The molecule has 0 bridgehead atoms. The second-order valence-electron chi connectivity index (χ2n) is 5.91. The number of hydrazine groups is 1. The van der Waals surface area contributed by atoms with E-state index in [1.54, 1.807) is 0 Å². The summed E-state index contributed by atoms with van der Waals surface area (Å²) < 4.78 is 0. The van der Waals surface area contributed by atoms with Crippen molar-refractivity contribution in [2.75, 3.05) is 0 Å². The quantitative estimate of drug-likeness (QED) is 0.661. The van der Waals surface area contributed by atoms with Gasteiger partial charge in [-0.1, -0.05) is 37.5 Å². The van der Waals surface area contributed by atoms with Crippen molar-refractivity contribution in [3.63, 3.8) is 0 Å². The van der Waals surface area contributed by atoms with Crippen LogP contribution in [0, 0.1) is 12.8 Å². The molecular weight excluding hydrogens is 246 g/mol. The lowest BCUT2D eigenvalue weighted by molar-refractivity contribution is 0.274. The molecule has 3 rings (SSSR count). The molecule has 0 aliphatic heterocycles. The molecule has 1 aromatic heterocycles. The van der Waals surface area contributed by atoms with E-state index in [0.717, 1.165) is 11.2 Å². The fourth-order valence-corrected chi connectivity index (χ4v) is 3.54. The van der Waals surface area contributed by atoms with E-state index in [4.69, 9.17) is 5.84 Å². The lowest BCUT2D eigenvalue weighted by atomic mass is 9.80. The van der Waals surface area contributed by atoms with Crippen LogP contribution in [0.15, 0.2) is 30.3 Å². The lowest BCUT2D eigenvalue weighted by Gasteiger charge is -2.31. The van der Waals surface area contributed by atoms with E-state index in [1.165, 1.54) is 43.1 Å². The maximum absolute atomic E-state index is 5.91. The number of aryl methyl sites for hydroxylation is 1. The van der Waals surface area contributed by atoms with Crippen LogP contribution in [0.25, 0.3) is 10.9 Å². The maximum Gasteiger partial charge on any atom is 0.0708 e. The number of para-hydroxylation sites is 1. The number of hydrogen-bond acceptors (Lipinski definition) is 3. The van der Waals surface area contributed by atoms with Crippen LogP contribution in [0.3, 0.4) is 0 Å². The van der Waals surface area contributed by atoms with Crippen LogP contribution < -0.4 is 11.3 Å². The van der Waals surface area contributed by atoms with E-state index in [2.05, 4.69) is 41.6 Å². The average Bonchev–Trinajstić information content (AvgIpc) is 2.49. The summed E-state index contributed by atoms with van der Waals surface area (Å²) in [7, 11) is 0. The zero-order valence-electron chi connectivity index (χ0n) is 12.1. The molecule has 3 nitrogen and oxygen atoms in total. The highest BCUT2D eigenvalue weighted by Gasteiger charge is 2.25. The number of nitrogens with one attached hydrogen (secondary N) is 1. The summed E-state index contributed by atoms with van der Waals surface area (Å²) in [6, 6.07) is 10.8. The Hall–Kier alpha value is -1.45. The Morgan fingerprint density at radius 1 is 1.20 bits per heavy atom. The van der Waals surface area contributed by atoms with Crippen LogP contribution >= 0.6 is 0 Å². The second-order valence-corrected chi connectivity index (χ2v) is 5.91. The molecule has 2 aromatic rings. The van der Waals surface area contributed by atoms with Gasteiger partial charge < -0.3 is 0 Å². The summed E-state index contributed by atoms with van der Waals surface area (Å²) in [5, 5.41) is 1.23. The molecule has 1 unspecified atom stereocenters. The Morgan fingerprint density at radius 2 is 1.95 bits per heavy atom. The lowest BCUT2D eigenvalue weighted by Crippen LogP contribution is -2.34. The Labute approximate surface area is 120 Å². The molecule has 3 heteroatoms. The molecule has 0 radical (unpaired) electrons. The zero-order chi connectivity index (χ0) is 13.9. The Morgan fingerprint density at radius 3 is 2.70 bits per heavy atom. The van der Waals surface area contributed by atoms with Crippen LogP contribution in [0.5, 0.6) is 0 Å². The molecule has 1 atom stereocenters. The number of benzene rings is 1. The number of rotatable bonds is 3. The van der Waals surface area contributed by atoms with E-state index >= 15 is 0 Å². The summed E-state index contributed by atoms with van der Waals surface area (Å²) >= 11 is 0. The topological polar surface area (TPSA) is 50.9 Å². The van der Waals surface area contributed by atoms with Gasteiger partial charge >= 0.3 is 0 Å². The fraction of sp³-hybridized carbons (Fsp3) is 0.471. The molecule has 0 amide bonds. The minimum atomic E-state index is 0.238. The van der Waals surface area contributed by atoms with Crippen LogP contribution in [0.1, 0.15) is 49.4 Å². The largest absolute Gasteiger partial charge is 0.271 e. The summed E-state index contributed by atoms with van der Waals surface area (Å²) in [6.07, 6.45) is 6.55. The molecule has 3 N–H and O–H groups in total. The first-order valence-electron chi connectivity index (χ1n) is 7.62. The number of hydrogen-bond donors (Lipinski definition) is 2. The highest BCUT2D eigenvalue weighted by molar-refractivity contribution is 5.82. The van der Waals surface area contributed by atoms with Gasteiger partial charge in [0.1, 0.15) is 0 Å². The SMILES string of the molecule is Cc1cc(C(NN)C2CCCCC2)c2ccccc2n1. The molecule has 20 heavy (non-hydrogen) atoms. The normalized spacial score (nSPS) is 18.3. The third-order valence-electron chi connectivity index (χ3n) is 4.51. The molecule has 1 aliphatic rings.